The highest BCUT2D eigenvalue weighted by Crippen LogP contribution is 2.12. The van der Waals surface area contributed by atoms with Crippen molar-refractivity contribution >= 4 is 0 Å². The molecule has 0 fully saturated rings. The predicted octanol–water partition coefficient (Wildman–Crippen LogP) is 1.57. The molecule has 0 aliphatic heterocycles. The molecule has 3 nitrogen and oxygen atoms in total. The van der Waals surface area contributed by atoms with Crippen LogP contribution in [-0.2, 0) is 9.47 Å². The highest BCUT2D eigenvalue weighted by Gasteiger charge is 2.13. The van der Waals surface area contributed by atoms with Crippen molar-refractivity contribution in [2.75, 3.05) is 14.2 Å². The molecule has 78 valence electrons. The van der Waals surface area contributed by atoms with Crippen LogP contribution < -0.4 is 0 Å². The van der Waals surface area contributed by atoms with Gasteiger partial charge in [0, 0.05) is 20.6 Å². The van der Waals surface area contributed by atoms with Crippen LogP contribution in [-0.4, -0.2) is 31.7 Å². The van der Waals surface area contributed by atoms with Gasteiger partial charge in [-0.1, -0.05) is 13.0 Å². The Morgan fingerprint density at radius 2 is 1.85 bits per heavy atom. The lowest BCUT2D eigenvalue weighted by atomic mass is 10.0. The molecule has 0 radical (unpaired) electrons. The van der Waals surface area contributed by atoms with E-state index in [-0.39, 0.29) is 18.3 Å². The summed E-state index contributed by atoms with van der Waals surface area (Å²) in [6.45, 7) is 5.56. The van der Waals surface area contributed by atoms with Gasteiger partial charge in [0.05, 0.1) is 6.10 Å². The summed E-state index contributed by atoms with van der Waals surface area (Å²) >= 11 is 0. The molecule has 0 spiro atoms. The summed E-state index contributed by atoms with van der Waals surface area (Å²) < 4.78 is 10.0. The number of ether oxygens (including phenoxy) is 2. The maximum atomic E-state index is 9.58. The molecule has 0 aromatic rings. The number of hydrogen-bond donors (Lipinski definition) is 1. The first-order valence-electron chi connectivity index (χ1n) is 4.51. The summed E-state index contributed by atoms with van der Waals surface area (Å²) in [5, 5.41) is 9.58. The topological polar surface area (TPSA) is 38.7 Å². The molecule has 1 N–H and O–H groups in total. The van der Waals surface area contributed by atoms with Gasteiger partial charge in [-0.05, 0) is 12.3 Å². The Morgan fingerprint density at radius 1 is 1.31 bits per heavy atom. The van der Waals surface area contributed by atoms with Crippen LogP contribution in [0, 0.1) is 5.92 Å². The van der Waals surface area contributed by atoms with Crippen molar-refractivity contribution in [3.63, 3.8) is 0 Å². The number of aliphatic hydroxyl groups is 1. The van der Waals surface area contributed by atoms with Crippen molar-refractivity contribution in [1.82, 2.24) is 0 Å². The Hall–Kier alpha value is -0.380. The van der Waals surface area contributed by atoms with Gasteiger partial charge in [0.25, 0.3) is 0 Å². The average molecular weight is 188 g/mol. The van der Waals surface area contributed by atoms with E-state index in [9.17, 15) is 5.11 Å². The van der Waals surface area contributed by atoms with E-state index in [4.69, 9.17) is 9.47 Å². The maximum Gasteiger partial charge on any atom is 0.156 e. The van der Waals surface area contributed by atoms with Crippen molar-refractivity contribution in [1.29, 1.82) is 0 Å². The molecule has 0 aliphatic rings. The van der Waals surface area contributed by atoms with Crippen LogP contribution >= 0.6 is 0 Å². The molecule has 0 saturated carbocycles. The van der Waals surface area contributed by atoms with Gasteiger partial charge in [-0.2, -0.15) is 0 Å². The van der Waals surface area contributed by atoms with Gasteiger partial charge in [-0.25, -0.2) is 0 Å². The van der Waals surface area contributed by atoms with Crippen molar-refractivity contribution in [3.05, 3.63) is 12.7 Å². The SMILES string of the molecule is C=C[C@@H](C)[C@@H](O)CCC(OC)OC. The van der Waals surface area contributed by atoms with Crippen molar-refractivity contribution in [2.24, 2.45) is 5.92 Å². The van der Waals surface area contributed by atoms with E-state index >= 15 is 0 Å². The van der Waals surface area contributed by atoms with E-state index in [0.29, 0.717) is 12.8 Å². The zero-order valence-corrected chi connectivity index (χ0v) is 8.69. The first-order valence-corrected chi connectivity index (χ1v) is 4.51. The Labute approximate surface area is 80.4 Å². The second kappa shape index (κ2) is 7.06. The van der Waals surface area contributed by atoms with Crippen LogP contribution in [0.4, 0.5) is 0 Å². The molecule has 2 atom stereocenters. The van der Waals surface area contributed by atoms with Gasteiger partial charge in [0.2, 0.25) is 0 Å². The highest BCUT2D eigenvalue weighted by atomic mass is 16.7. The molecule has 0 aromatic heterocycles. The number of aliphatic hydroxyl groups excluding tert-OH is 1. The minimum absolute atomic E-state index is 0.120. The lowest BCUT2D eigenvalue weighted by molar-refractivity contribution is -0.111. The molecular weight excluding hydrogens is 168 g/mol. The molecule has 0 unspecified atom stereocenters. The quantitative estimate of drug-likeness (QED) is 0.487. The second-order valence-corrected chi connectivity index (χ2v) is 3.14. The monoisotopic (exact) mass is 188 g/mol. The van der Waals surface area contributed by atoms with Crippen LogP contribution in [0.3, 0.4) is 0 Å². The summed E-state index contributed by atoms with van der Waals surface area (Å²) in [6, 6.07) is 0. The predicted molar refractivity (Wildman–Crippen MR) is 52.4 cm³/mol. The highest BCUT2D eigenvalue weighted by molar-refractivity contribution is 4.80. The Bertz CT molecular complexity index is 132. The minimum Gasteiger partial charge on any atom is -0.393 e. The smallest absolute Gasteiger partial charge is 0.156 e. The van der Waals surface area contributed by atoms with Crippen LogP contribution in [0.2, 0.25) is 0 Å². The van der Waals surface area contributed by atoms with E-state index in [0.717, 1.165) is 0 Å². The van der Waals surface area contributed by atoms with Crippen molar-refractivity contribution < 1.29 is 14.6 Å². The van der Waals surface area contributed by atoms with Crippen molar-refractivity contribution in [3.8, 4) is 0 Å². The van der Waals surface area contributed by atoms with Crippen LogP contribution in [0.25, 0.3) is 0 Å². The lowest BCUT2D eigenvalue weighted by Gasteiger charge is -2.18. The Balaban J connectivity index is 3.67. The largest absolute Gasteiger partial charge is 0.393 e. The van der Waals surface area contributed by atoms with Gasteiger partial charge in [-0.15, -0.1) is 6.58 Å². The lowest BCUT2D eigenvalue weighted by Crippen LogP contribution is -2.20. The normalized spacial score (nSPS) is 15.8. The molecule has 0 amide bonds. The molecular formula is C10H20O3. The Kier molecular flexibility index (Phi) is 6.86. The van der Waals surface area contributed by atoms with Gasteiger partial charge in [-0.3, -0.25) is 0 Å². The number of methoxy groups -OCH3 is 2. The Morgan fingerprint density at radius 3 is 2.23 bits per heavy atom. The van der Waals surface area contributed by atoms with E-state index in [1.165, 1.54) is 0 Å². The van der Waals surface area contributed by atoms with Crippen LogP contribution in [0.5, 0.6) is 0 Å². The summed E-state index contributed by atoms with van der Waals surface area (Å²) in [5.41, 5.74) is 0. The van der Waals surface area contributed by atoms with Gasteiger partial charge in [0.1, 0.15) is 0 Å². The number of rotatable bonds is 7. The molecule has 0 rings (SSSR count). The molecule has 0 aliphatic carbocycles. The van der Waals surface area contributed by atoms with Crippen LogP contribution in [0.1, 0.15) is 19.8 Å². The molecule has 3 heteroatoms. The molecule has 0 bridgehead atoms. The third-order valence-electron chi connectivity index (χ3n) is 2.20. The van der Waals surface area contributed by atoms with E-state index < -0.39 is 0 Å². The fourth-order valence-corrected chi connectivity index (χ4v) is 1.06. The van der Waals surface area contributed by atoms with Gasteiger partial charge < -0.3 is 14.6 Å². The number of hydrogen-bond acceptors (Lipinski definition) is 3. The molecule has 0 heterocycles. The fourth-order valence-electron chi connectivity index (χ4n) is 1.06. The zero-order valence-electron chi connectivity index (χ0n) is 8.69. The standard InChI is InChI=1S/C10H20O3/c1-5-8(2)9(11)6-7-10(12-3)13-4/h5,8-11H,1,6-7H2,2-4H3/t8-,9+/m1/s1. The van der Waals surface area contributed by atoms with Gasteiger partial charge >= 0.3 is 0 Å². The summed E-state index contributed by atoms with van der Waals surface area (Å²) in [4.78, 5) is 0. The average Bonchev–Trinajstić information content (AvgIpc) is 2.17. The first kappa shape index (κ1) is 12.6. The second-order valence-electron chi connectivity index (χ2n) is 3.14. The third kappa shape index (κ3) is 5.03. The van der Waals surface area contributed by atoms with E-state index in [1.807, 2.05) is 6.92 Å². The van der Waals surface area contributed by atoms with Crippen LogP contribution in [0.15, 0.2) is 12.7 Å². The van der Waals surface area contributed by atoms with Crippen molar-refractivity contribution in [2.45, 2.75) is 32.2 Å². The maximum absolute atomic E-state index is 9.58. The summed E-state index contributed by atoms with van der Waals surface area (Å²) in [6.07, 6.45) is 2.54. The van der Waals surface area contributed by atoms with Gasteiger partial charge in [0.15, 0.2) is 6.29 Å². The molecule has 0 aromatic carbocycles. The molecule has 13 heavy (non-hydrogen) atoms. The van der Waals surface area contributed by atoms with E-state index in [2.05, 4.69) is 6.58 Å². The van der Waals surface area contributed by atoms with E-state index in [1.54, 1.807) is 20.3 Å². The molecule has 0 saturated heterocycles. The first-order chi connectivity index (χ1) is 6.15. The minimum atomic E-state index is -0.356. The zero-order chi connectivity index (χ0) is 10.3. The fraction of sp³-hybridized carbons (Fsp3) is 0.800. The third-order valence-corrected chi connectivity index (χ3v) is 2.20. The summed E-state index contributed by atoms with van der Waals surface area (Å²) in [7, 11) is 3.19. The summed E-state index contributed by atoms with van der Waals surface area (Å²) in [5.74, 6) is 0.120.